The van der Waals surface area contributed by atoms with E-state index in [1.165, 1.54) is 61.4 Å². The summed E-state index contributed by atoms with van der Waals surface area (Å²) in [6.45, 7) is 20.1. The minimum atomic E-state index is 0.564. The van der Waals surface area contributed by atoms with Crippen molar-refractivity contribution >= 4 is 0 Å². The fourth-order valence-electron chi connectivity index (χ4n) is 4.34. The maximum atomic E-state index is 5.68. The van der Waals surface area contributed by atoms with E-state index in [1.54, 1.807) is 0 Å². The average Bonchev–Trinajstić information content (AvgIpc) is 2.66. The van der Waals surface area contributed by atoms with E-state index in [-0.39, 0.29) is 0 Å². The zero-order valence-electron chi connectivity index (χ0n) is 17.3. The molecule has 0 radical (unpaired) electrons. The molecule has 2 aliphatic rings. The van der Waals surface area contributed by atoms with Crippen molar-refractivity contribution in [1.82, 2.24) is 14.7 Å². The highest BCUT2D eigenvalue weighted by molar-refractivity contribution is 5.38. The van der Waals surface area contributed by atoms with Gasteiger partial charge in [-0.25, -0.2) is 0 Å². The third-order valence-electron chi connectivity index (χ3n) is 6.27. The van der Waals surface area contributed by atoms with Crippen LogP contribution in [0.15, 0.2) is 12.1 Å². The van der Waals surface area contributed by atoms with E-state index in [4.69, 9.17) is 4.74 Å². The van der Waals surface area contributed by atoms with Crippen molar-refractivity contribution in [2.24, 2.45) is 0 Å². The molecule has 26 heavy (non-hydrogen) atoms. The maximum Gasteiger partial charge on any atom is 0.0622 e. The second-order valence-corrected chi connectivity index (χ2v) is 8.03. The van der Waals surface area contributed by atoms with Gasteiger partial charge >= 0.3 is 0 Å². The molecule has 4 heteroatoms. The van der Waals surface area contributed by atoms with Crippen LogP contribution in [-0.2, 0) is 17.8 Å². The molecular formula is C22H37N3O. The van der Waals surface area contributed by atoms with Gasteiger partial charge in [0.25, 0.3) is 0 Å². The second kappa shape index (κ2) is 9.32. The Hall–Kier alpha value is -0.940. The van der Waals surface area contributed by atoms with Crippen LogP contribution >= 0.6 is 0 Å². The molecule has 0 saturated carbocycles. The third-order valence-corrected chi connectivity index (χ3v) is 6.27. The predicted molar refractivity (Wildman–Crippen MR) is 109 cm³/mol. The first kappa shape index (κ1) is 19.8. The Labute approximate surface area is 160 Å². The van der Waals surface area contributed by atoms with Gasteiger partial charge in [0.2, 0.25) is 0 Å². The molecule has 0 aliphatic carbocycles. The summed E-state index contributed by atoms with van der Waals surface area (Å²) in [7, 11) is 0. The Morgan fingerprint density at radius 2 is 1.58 bits per heavy atom. The fraction of sp³-hybridized carbons (Fsp3) is 0.727. The van der Waals surface area contributed by atoms with Gasteiger partial charge in [0.05, 0.1) is 13.2 Å². The van der Waals surface area contributed by atoms with Crippen LogP contribution in [0, 0.1) is 13.8 Å². The first-order valence-corrected chi connectivity index (χ1v) is 10.5. The number of likely N-dealkylation sites (N-methyl/N-ethyl adjacent to an activating group) is 1. The Morgan fingerprint density at radius 3 is 2.23 bits per heavy atom. The van der Waals surface area contributed by atoms with Gasteiger partial charge in [-0.1, -0.05) is 31.5 Å². The lowest BCUT2D eigenvalue weighted by Crippen LogP contribution is -2.45. The number of ether oxygens (including phenoxy) is 1. The molecule has 2 fully saturated rings. The molecule has 0 bridgehead atoms. The molecule has 2 aliphatic heterocycles. The van der Waals surface area contributed by atoms with Crippen molar-refractivity contribution < 1.29 is 4.74 Å². The van der Waals surface area contributed by atoms with E-state index < -0.39 is 0 Å². The topological polar surface area (TPSA) is 19.0 Å². The number of piperazine rings is 1. The van der Waals surface area contributed by atoms with Crippen LogP contribution in [-0.4, -0.2) is 73.2 Å². The van der Waals surface area contributed by atoms with Gasteiger partial charge in [-0.3, -0.25) is 9.80 Å². The number of rotatable bonds is 6. The van der Waals surface area contributed by atoms with E-state index >= 15 is 0 Å². The summed E-state index contributed by atoms with van der Waals surface area (Å²) >= 11 is 0. The molecule has 2 heterocycles. The Balaban J connectivity index is 1.70. The molecule has 0 spiro atoms. The van der Waals surface area contributed by atoms with Crippen molar-refractivity contribution in [1.29, 1.82) is 0 Å². The van der Waals surface area contributed by atoms with E-state index in [0.717, 1.165) is 32.8 Å². The summed E-state index contributed by atoms with van der Waals surface area (Å²) in [5.74, 6) is 0. The summed E-state index contributed by atoms with van der Waals surface area (Å²) in [4.78, 5) is 7.80. The zero-order chi connectivity index (χ0) is 18.5. The summed E-state index contributed by atoms with van der Waals surface area (Å²) in [5.41, 5.74) is 5.92. The second-order valence-electron chi connectivity index (χ2n) is 8.03. The standard InChI is InChI=1S/C22H37N3O/c1-5-22-17-26-12-11-25(22)16-21-14-18(3)13-20(19(21)4)15-24-9-7-23(6-2)8-10-24/h13-14,22H,5-12,15-17H2,1-4H3/t22-/m0/s1. The number of nitrogens with zero attached hydrogens (tertiary/aromatic N) is 3. The minimum Gasteiger partial charge on any atom is -0.378 e. The van der Waals surface area contributed by atoms with Gasteiger partial charge in [-0.2, -0.15) is 0 Å². The van der Waals surface area contributed by atoms with Crippen LogP contribution in [0.3, 0.4) is 0 Å². The van der Waals surface area contributed by atoms with Gasteiger partial charge in [0.15, 0.2) is 0 Å². The molecule has 0 aromatic heterocycles. The van der Waals surface area contributed by atoms with Crippen molar-refractivity contribution in [3.63, 3.8) is 0 Å². The minimum absolute atomic E-state index is 0.564. The monoisotopic (exact) mass is 359 g/mol. The largest absolute Gasteiger partial charge is 0.378 e. The third kappa shape index (κ3) is 4.86. The molecule has 4 nitrogen and oxygen atoms in total. The Kier molecular flexibility index (Phi) is 7.10. The highest BCUT2D eigenvalue weighted by atomic mass is 16.5. The van der Waals surface area contributed by atoms with E-state index in [1.807, 2.05) is 0 Å². The highest BCUT2D eigenvalue weighted by Gasteiger charge is 2.23. The molecule has 0 N–H and O–H groups in total. The van der Waals surface area contributed by atoms with Crippen LogP contribution in [0.25, 0.3) is 0 Å². The van der Waals surface area contributed by atoms with Gasteiger partial charge < -0.3 is 9.64 Å². The van der Waals surface area contributed by atoms with Crippen LogP contribution in [0.2, 0.25) is 0 Å². The van der Waals surface area contributed by atoms with Crippen LogP contribution in [0.1, 0.15) is 42.5 Å². The molecule has 0 amide bonds. The first-order chi connectivity index (χ1) is 12.6. The van der Waals surface area contributed by atoms with Gasteiger partial charge in [-0.15, -0.1) is 0 Å². The number of benzene rings is 1. The van der Waals surface area contributed by atoms with Gasteiger partial charge in [0, 0.05) is 51.9 Å². The highest BCUT2D eigenvalue weighted by Crippen LogP contribution is 2.23. The predicted octanol–water partition coefficient (Wildman–Crippen LogP) is 3.05. The van der Waals surface area contributed by atoms with Crippen LogP contribution < -0.4 is 0 Å². The van der Waals surface area contributed by atoms with Crippen LogP contribution in [0.5, 0.6) is 0 Å². The van der Waals surface area contributed by atoms with E-state index in [9.17, 15) is 0 Å². The summed E-state index contributed by atoms with van der Waals surface area (Å²) in [6.07, 6.45) is 1.17. The summed E-state index contributed by atoms with van der Waals surface area (Å²) in [5, 5.41) is 0. The molecule has 146 valence electrons. The molecule has 1 atom stereocenters. The maximum absolute atomic E-state index is 5.68. The smallest absolute Gasteiger partial charge is 0.0622 e. The number of hydrogen-bond donors (Lipinski definition) is 0. The number of hydrogen-bond acceptors (Lipinski definition) is 4. The first-order valence-electron chi connectivity index (χ1n) is 10.5. The lowest BCUT2D eigenvalue weighted by atomic mass is 9.97. The Bertz CT molecular complexity index is 581. The van der Waals surface area contributed by atoms with Crippen molar-refractivity contribution in [3.05, 3.63) is 34.4 Å². The molecule has 0 unspecified atom stereocenters. The normalized spacial score (nSPS) is 23.5. The van der Waals surface area contributed by atoms with Crippen molar-refractivity contribution in [2.75, 3.05) is 52.5 Å². The molecular weight excluding hydrogens is 322 g/mol. The van der Waals surface area contributed by atoms with E-state index in [2.05, 4.69) is 54.5 Å². The fourth-order valence-corrected chi connectivity index (χ4v) is 4.34. The summed E-state index contributed by atoms with van der Waals surface area (Å²) in [6, 6.07) is 5.37. The molecule has 1 aromatic rings. The number of aryl methyl sites for hydroxylation is 1. The SMILES string of the molecule is CC[C@H]1COCCN1Cc1cc(C)cc(CN2CCN(CC)CC2)c1C. The number of morpholine rings is 1. The van der Waals surface area contributed by atoms with Gasteiger partial charge in [-0.05, 0) is 43.5 Å². The Morgan fingerprint density at radius 1 is 0.923 bits per heavy atom. The lowest BCUT2D eigenvalue weighted by Gasteiger charge is -2.36. The molecule has 1 aromatic carbocycles. The molecule has 3 rings (SSSR count). The molecule has 2 saturated heterocycles. The average molecular weight is 360 g/mol. The quantitative estimate of drug-likeness (QED) is 0.777. The zero-order valence-corrected chi connectivity index (χ0v) is 17.3. The lowest BCUT2D eigenvalue weighted by molar-refractivity contribution is -0.0128. The van der Waals surface area contributed by atoms with Crippen LogP contribution in [0.4, 0.5) is 0 Å². The van der Waals surface area contributed by atoms with Crippen molar-refractivity contribution in [3.8, 4) is 0 Å². The van der Waals surface area contributed by atoms with Gasteiger partial charge in [0.1, 0.15) is 0 Å². The van der Waals surface area contributed by atoms with Crippen molar-refractivity contribution in [2.45, 2.75) is 53.2 Å². The van der Waals surface area contributed by atoms with E-state index in [0.29, 0.717) is 6.04 Å². The summed E-state index contributed by atoms with van der Waals surface area (Å²) < 4.78 is 5.68.